The number of aryl methyl sites for hydroxylation is 1. The molecule has 7 heteroatoms. The second kappa shape index (κ2) is 6.40. The fraction of sp³-hybridized carbons (Fsp3) is 0.333. The number of carbonyl (C=O) groups excluding carboxylic acids is 3. The Kier molecular flexibility index (Phi) is 4.43. The molecular weight excluding hydrogens is 338 g/mol. The number of nitrogens with one attached hydrogen (secondary N) is 1. The number of amides is 3. The summed E-state index contributed by atoms with van der Waals surface area (Å²) in [5.41, 5.74) is 1.78. The summed E-state index contributed by atoms with van der Waals surface area (Å²) >= 11 is 1.53. The molecule has 0 bridgehead atoms. The van der Waals surface area contributed by atoms with E-state index < -0.39 is 0 Å². The van der Waals surface area contributed by atoms with Gasteiger partial charge in [-0.05, 0) is 45.9 Å². The first-order valence-electron chi connectivity index (χ1n) is 8.04. The highest BCUT2D eigenvalue weighted by Gasteiger charge is 2.37. The Hall–Kier alpha value is -2.54. The monoisotopic (exact) mass is 357 g/mol. The van der Waals surface area contributed by atoms with Crippen molar-refractivity contribution in [2.75, 3.05) is 0 Å². The molecule has 0 aliphatic carbocycles. The Morgan fingerprint density at radius 2 is 1.84 bits per heavy atom. The molecule has 3 rings (SSSR count). The maximum atomic E-state index is 12.5. The lowest BCUT2D eigenvalue weighted by atomic mass is 10.0. The maximum Gasteiger partial charge on any atom is 0.261 e. The molecule has 1 unspecified atom stereocenters. The van der Waals surface area contributed by atoms with Crippen LogP contribution in [0.4, 0.5) is 0 Å². The van der Waals surface area contributed by atoms with E-state index >= 15 is 0 Å². The van der Waals surface area contributed by atoms with Crippen LogP contribution in [0.1, 0.15) is 68.6 Å². The van der Waals surface area contributed by atoms with Crippen LogP contribution < -0.4 is 5.32 Å². The summed E-state index contributed by atoms with van der Waals surface area (Å²) in [5.74, 6) is -0.967. The molecule has 0 spiro atoms. The van der Waals surface area contributed by atoms with E-state index in [2.05, 4.69) is 10.3 Å². The van der Waals surface area contributed by atoms with E-state index in [0.717, 1.165) is 10.7 Å². The molecule has 1 aromatic carbocycles. The topological polar surface area (TPSA) is 79.4 Å². The normalized spacial score (nSPS) is 14.8. The molecule has 1 aromatic heterocycles. The Morgan fingerprint density at radius 3 is 2.44 bits per heavy atom. The number of hydrogen-bond donors (Lipinski definition) is 1. The zero-order valence-corrected chi connectivity index (χ0v) is 15.3. The molecular formula is C18H19N3O3S. The van der Waals surface area contributed by atoms with Crippen molar-refractivity contribution >= 4 is 29.1 Å². The number of fused-ring (bicyclic) bond motifs is 1. The smallest absolute Gasteiger partial charge is 0.261 e. The molecule has 0 radical (unpaired) electrons. The van der Waals surface area contributed by atoms with Crippen LogP contribution in [0.25, 0.3) is 0 Å². The Labute approximate surface area is 149 Å². The van der Waals surface area contributed by atoms with Crippen molar-refractivity contribution in [2.24, 2.45) is 0 Å². The lowest BCUT2D eigenvalue weighted by Crippen LogP contribution is -2.35. The van der Waals surface area contributed by atoms with E-state index in [9.17, 15) is 14.4 Å². The van der Waals surface area contributed by atoms with Gasteiger partial charge in [0.2, 0.25) is 0 Å². The van der Waals surface area contributed by atoms with Gasteiger partial charge < -0.3 is 5.32 Å². The first kappa shape index (κ1) is 17.3. The number of imide groups is 1. The van der Waals surface area contributed by atoms with E-state index in [4.69, 9.17) is 0 Å². The Balaban J connectivity index is 1.82. The molecule has 1 aliphatic heterocycles. The number of hydrogen-bond acceptors (Lipinski definition) is 5. The van der Waals surface area contributed by atoms with E-state index in [1.165, 1.54) is 22.3 Å². The quantitative estimate of drug-likeness (QED) is 0.853. The molecule has 1 aliphatic rings. The number of nitrogens with zero attached hydrogens (tertiary/aromatic N) is 2. The average molecular weight is 357 g/mol. The van der Waals surface area contributed by atoms with Crippen molar-refractivity contribution in [3.8, 4) is 0 Å². The van der Waals surface area contributed by atoms with Crippen LogP contribution in [0.5, 0.6) is 0 Å². The van der Waals surface area contributed by atoms with Gasteiger partial charge in [0.1, 0.15) is 0 Å². The van der Waals surface area contributed by atoms with Gasteiger partial charge in [-0.2, -0.15) is 0 Å². The first-order valence-corrected chi connectivity index (χ1v) is 8.92. The van der Waals surface area contributed by atoms with Crippen molar-refractivity contribution in [3.05, 3.63) is 51.0 Å². The largest absolute Gasteiger partial charge is 0.344 e. The van der Waals surface area contributed by atoms with Gasteiger partial charge in [0.25, 0.3) is 17.7 Å². The third kappa shape index (κ3) is 3.07. The number of carbonyl (C=O) groups is 3. The van der Waals surface area contributed by atoms with Gasteiger partial charge in [0.15, 0.2) is 0 Å². The van der Waals surface area contributed by atoms with Crippen LogP contribution in [0.15, 0.2) is 23.6 Å². The summed E-state index contributed by atoms with van der Waals surface area (Å²) in [4.78, 5) is 42.8. The van der Waals surface area contributed by atoms with Gasteiger partial charge in [-0.15, -0.1) is 11.3 Å². The molecule has 130 valence electrons. The molecule has 0 saturated carbocycles. The van der Waals surface area contributed by atoms with Gasteiger partial charge in [-0.25, -0.2) is 4.98 Å². The highest BCUT2D eigenvalue weighted by atomic mass is 32.1. The van der Waals surface area contributed by atoms with Gasteiger partial charge in [-0.1, -0.05) is 0 Å². The molecule has 0 saturated heterocycles. The van der Waals surface area contributed by atoms with Gasteiger partial charge in [-0.3, -0.25) is 19.3 Å². The Morgan fingerprint density at radius 1 is 1.16 bits per heavy atom. The summed E-state index contributed by atoms with van der Waals surface area (Å²) < 4.78 is 0. The van der Waals surface area contributed by atoms with E-state index in [1.54, 1.807) is 26.0 Å². The molecule has 0 fully saturated rings. The van der Waals surface area contributed by atoms with Crippen LogP contribution in [-0.2, 0) is 0 Å². The second-order valence-corrected chi connectivity index (χ2v) is 7.38. The average Bonchev–Trinajstić information content (AvgIpc) is 3.09. The highest BCUT2D eigenvalue weighted by molar-refractivity contribution is 7.09. The first-order chi connectivity index (χ1) is 11.8. The van der Waals surface area contributed by atoms with Crippen LogP contribution in [-0.4, -0.2) is 33.6 Å². The van der Waals surface area contributed by atoms with Crippen molar-refractivity contribution in [2.45, 2.75) is 39.8 Å². The maximum absolute atomic E-state index is 12.5. The molecule has 2 heterocycles. The van der Waals surface area contributed by atoms with Crippen LogP contribution in [0.3, 0.4) is 0 Å². The minimum atomic E-state index is -0.354. The van der Waals surface area contributed by atoms with Gasteiger partial charge in [0, 0.05) is 17.0 Å². The Bertz CT molecular complexity index is 872. The van der Waals surface area contributed by atoms with Crippen molar-refractivity contribution in [1.82, 2.24) is 15.2 Å². The fourth-order valence-electron chi connectivity index (χ4n) is 2.80. The van der Waals surface area contributed by atoms with Crippen LogP contribution in [0.2, 0.25) is 0 Å². The lowest BCUT2D eigenvalue weighted by molar-refractivity contribution is 0.0609. The molecule has 2 aromatic rings. The molecule has 1 N–H and O–H groups in total. The van der Waals surface area contributed by atoms with Crippen LogP contribution >= 0.6 is 11.3 Å². The second-order valence-electron chi connectivity index (χ2n) is 6.32. The number of thiazole rings is 1. The molecule has 6 nitrogen and oxygen atoms in total. The lowest BCUT2D eigenvalue weighted by Gasteiger charge is -2.17. The van der Waals surface area contributed by atoms with Crippen LogP contribution in [0, 0.1) is 6.92 Å². The SMILES string of the molecule is Cc1nc(C(C)NC(=O)c2ccc3c(c2)C(=O)N(C(C)C)C3=O)cs1. The van der Waals surface area contributed by atoms with Crippen molar-refractivity contribution < 1.29 is 14.4 Å². The summed E-state index contributed by atoms with van der Waals surface area (Å²) in [7, 11) is 0. The van der Waals surface area contributed by atoms with Crippen molar-refractivity contribution in [3.63, 3.8) is 0 Å². The van der Waals surface area contributed by atoms with E-state index in [0.29, 0.717) is 11.1 Å². The summed E-state index contributed by atoms with van der Waals surface area (Å²) in [6.45, 7) is 7.33. The summed E-state index contributed by atoms with van der Waals surface area (Å²) in [6, 6.07) is 4.15. The summed E-state index contributed by atoms with van der Waals surface area (Å²) in [5, 5.41) is 5.72. The summed E-state index contributed by atoms with van der Waals surface area (Å²) in [6.07, 6.45) is 0. The highest BCUT2D eigenvalue weighted by Crippen LogP contribution is 2.26. The third-order valence-electron chi connectivity index (χ3n) is 4.12. The number of benzene rings is 1. The molecule has 25 heavy (non-hydrogen) atoms. The minimum Gasteiger partial charge on any atom is -0.344 e. The van der Waals surface area contributed by atoms with Gasteiger partial charge >= 0.3 is 0 Å². The zero-order valence-electron chi connectivity index (χ0n) is 14.5. The predicted molar refractivity (Wildman–Crippen MR) is 94.8 cm³/mol. The van der Waals surface area contributed by atoms with Gasteiger partial charge in [0.05, 0.1) is 27.9 Å². The number of aromatic nitrogens is 1. The molecule has 3 amide bonds. The minimum absolute atomic E-state index is 0.224. The predicted octanol–water partition coefficient (Wildman–Crippen LogP) is 2.95. The standard InChI is InChI=1S/C18H19N3O3S/c1-9(2)21-17(23)13-6-5-12(7-14(13)18(21)24)16(22)19-10(3)15-8-25-11(4)20-15/h5-10H,1-4H3,(H,19,22). The van der Waals surface area contributed by atoms with E-state index in [1.807, 2.05) is 19.2 Å². The number of rotatable bonds is 4. The van der Waals surface area contributed by atoms with E-state index in [-0.39, 0.29) is 35.4 Å². The van der Waals surface area contributed by atoms with Crippen molar-refractivity contribution in [1.29, 1.82) is 0 Å². The fourth-order valence-corrected chi connectivity index (χ4v) is 3.51. The zero-order chi connectivity index (χ0) is 18.3. The molecule has 1 atom stereocenters. The third-order valence-corrected chi connectivity index (χ3v) is 4.92.